The predicted molar refractivity (Wildman–Crippen MR) is 66.4 cm³/mol. The molecule has 0 aromatic heterocycles. The summed E-state index contributed by atoms with van der Waals surface area (Å²) in [7, 11) is 6.00. The van der Waals surface area contributed by atoms with Gasteiger partial charge >= 0.3 is 0 Å². The van der Waals surface area contributed by atoms with Crippen molar-refractivity contribution in [3.8, 4) is 0 Å². The number of carbonyl (C=O) groups excluding carboxylic acids is 1. The quantitative estimate of drug-likeness (QED) is 0.758. The number of hydrogen-bond donors (Lipinski definition) is 1. The Hall–Kier alpha value is -0.610. The van der Waals surface area contributed by atoms with Gasteiger partial charge in [0.05, 0.1) is 5.54 Å². The number of amides is 1. The van der Waals surface area contributed by atoms with Gasteiger partial charge in [-0.25, -0.2) is 0 Å². The van der Waals surface area contributed by atoms with E-state index in [0.717, 1.165) is 13.1 Å². The summed E-state index contributed by atoms with van der Waals surface area (Å²) in [5.74, 6) is 0.748. The number of nitrogens with zero attached hydrogens (tertiary/aromatic N) is 2. The summed E-state index contributed by atoms with van der Waals surface area (Å²) in [6, 6.07) is 0.483. The van der Waals surface area contributed by atoms with Crippen molar-refractivity contribution in [1.29, 1.82) is 0 Å². The van der Waals surface area contributed by atoms with Crippen molar-refractivity contribution in [1.82, 2.24) is 15.1 Å². The number of nitrogens with one attached hydrogen (secondary N) is 1. The van der Waals surface area contributed by atoms with Crippen molar-refractivity contribution < 1.29 is 4.79 Å². The van der Waals surface area contributed by atoms with Crippen molar-refractivity contribution in [2.75, 3.05) is 34.2 Å². The third kappa shape index (κ3) is 2.55. The summed E-state index contributed by atoms with van der Waals surface area (Å²) in [5.41, 5.74) is -0.457. The van der Waals surface area contributed by atoms with Gasteiger partial charge in [-0.15, -0.1) is 0 Å². The minimum Gasteiger partial charge on any atom is -0.339 e. The third-order valence-corrected chi connectivity index (χ3v) is 3.68. The Morgan fingerprint density at radius 1 is 1.38 bits per heavy atom. The lowest BCUT2D eigenvalue weighted by Crippen LogP contribution is -2.52. The van der Waals surface area contributed by atoms with Crippen LogP contribution in [0.4, 0.5) is 0 Å². The molecule has 0 aromatic carbocycles. The Morgan fingerprint density at radius 2 is 1.94 bits per heavy atom. The zero-order chi connectivity index (χ0) is 12.5. The third-order valence-electron chi connectivity index (χ3n) is 3.68. The molecule has 1 fully saturated rings. The fraction of sp³-hybridized carbons (Fsp3) is 0.917. The molecular formula is C12H25N3O. The van der Waals surface area contributed by atoms with E-state index < -0.39 is 5.54 Å². The smallest absolute Gasteiger partial charge is 0.242 e. The number of hydrogen-bond acceptors (Lipinski definition) is 3. The second-order valence-electron chi connectivity index (χ2n) is 5.59. The van der Waals surface area contributed by atoms with Crippen LogP contribution in [0.2, 0.25) is 0 Å². The van der Waals surface area contributed by atoms with Gasteiger partial charge in [-0.3, -0.25) is 4.79 Å². The maximum absolute atomic E-state index is 12.3. The highest BCUT2D eigenvalue weighted by atomic mass is 16.2. The highest BCUT2D eigenvalue weighted by Gasteiger charge is 2.38. The molecule has 0 spiro atoms. The molecule has 1 rings (SSSR count). The van der Waals surface area contributed by atoms with Crippen LogP contribution in [0.3, 0.4) is 0 Å². The zero-order valence-electron chi connectivity index (χ0n) is 11.4. The topological polar surface area (TPSA) is 35.6 Å². The monoisotopic (exact) mass is 227 g/mol. The Labute approximate surface area is 99.0 Å². The zero-order valence-corrected chi connectivity index (χ0v) is 11.4. The van der Waals surface area contributed by atoms with E-state index >= 15 is 0 Å². The van der Waals surface area contributed by atoms with Gasteiger partial charge in [-0.05, 0) is 40.9 Å². The molecule has 0 saturated carbocycles. The normalized spacial score (nSPS) is 26.6. The van der Waals surface area contributed by atoms with E-state index in [1.54, 1.807) is 0 Å². The summed E-state index contributed by atoms with van der Waals surface area (Å²) in [6.07, 6.45) is 0. The summed E-state index contributed by atoms with van der Waals surface area (Å²) in [6.45, 7) is 7.79. The van der Waals surface area contributed by atoms with Crippen LogP contribution in [0.5, 0.6) is 0 Å². The Kier molecular flexibility index (Phi) is 3.97. The van der Waals surface area contributed by atoms with E-state index in [-0.39, 0.29) is 5.91 Å². The molecule has 4 heteroatoms. The SMILES string of the molecule is CNC(C)(C)C(=O)N1CC(C)C(N(C)C)C1. The molecule has 4 nitrogen and oxygen atoms in total. The molecule has 0 bridgehead atoms. The van der Waals surface area contributed by atoms with Crippen molar-refractivity contribution in [2.45, 2.75) is 32.4 Å². The van der Waals surface area contributed by atoms with E-state index in [9.17, 15) is 4.79 Å². The first-order chi connectivity index (χ1) is 7.29. The predicted octanol–water partition coefficient (Wildman–Crippen LogP) is 0.393. The largest absolute Gasteiger partial charge is 0.339 e. The van der Waals surface area contributed by atoms with Gasteiger partial charge in [0.1, 0.15) is 0 Å². The van der Waals surface area contributed by atoms with E-state index in [2.05, 4.69) is 31.2 Å². The molecule has 2 unspecified atom stereocenters. The summed E-state index contributed by atoms with van der Waals surface area (Å²) in [5, 5.41) is 3.07. The first-order valence-corrected chi connectivity index (χ1v) is 5.94. The minimum absolute atomic E-state index is 0.200. The molecule has 1 aliphatic rings. The van der Waals surface area contributed by atoms with Gasteiger partial charge in [0.25, 0.3) is 0 Å². The lowest BCUT2D eigenvalue weighted by Gasteiger charge is -2.29. The highest BCUT2D eigenvalue weighted by Crippen LogP contribution is 2.22. The van der Waals surface area contributed by atoms with Crippen LogP contribution in [0, 0.1) is 5.92 Å². The summed E-state index contributed by atoms with van der Waals surface area (Å²) in [4.78, 5) is 16.4. The van der Waals surface area contributed by atoms with Crippen LogP contribution < -0.4 is 5.32 Å². The second kappa shape index (κ2) is 4.72. The van der Waals surface area contributed by atoms with Crippen molar-refractivity contribution in [3.05, 3.63) is 0 Å². The average Bonchev–Trinajstić information content (AvgIpc) is 2.59. The molecule has 2 atom stereocenters. The average molecular weight is 227 g/mol. The fourth-order valence-corrected chi connectivity index (χ4v) is 2.29. The Morgan fingerprint density at radius 3 is 2.31 bits per heavy atom. The molecule has 1 saturated heterocycles. The van der Waals surface area contributed by atoms with Crippen LogP contribution in [0.25, 0.3) is 0 Å². The van der Waals surface area contributed by atoms with Gasteiger partial charge < -0.3 is 15.1 Å². The molecule has 1 heterocycles. The molecule has 1 N–H and O–H groups in total. The van der Waals surface area contributed by atoms with E-state index in [1.807, 2.05) is 25.8 Å². The van der Waals surface area contributed by atoms with Crippen LogP contribution in [0.1, 0.15) is 20.8 Å². The minimum atomic E-state index is -0.457. The van der Waals surface area contributed by atoms with Gasteiger partial charge in [0, 0.05) is 19.1 Å². The molecule has 0 radical (unpaired) electrons. The molecule has 0 aliphatic carbocycles. The van der Waals surface area contributed by atoms with Crippen molar-refractivity contribution >= 4 is 5.91 Å². The lowest BCUT2D eigenvalue weighted by molar-refractivity contribution is -0.136. The number of rotatable bonds is 3. The molecule has 94 valence electrons. The van der Waals surface area contributed by atoms with Crippen molar-refractivity contribution in [2.24, 2.45) is 5.92 Å². The van der Waals surface area contributed by atoms with E-state index in [1.165, 1.54) is 0 Å². The highest BCUT2D eigenvalue weighted by molar-refractivity contribution is 5.85. The van der Waals surface area contributed by atoms with Crippen LogP contribution in [0.15, 0.2) is 0 Å². The van der Waals surface area contributed by atoms with E-state index in [4.69, 9.17) is 0 Å². The molecular weight excluding hydrogens is 202 g/mol. The Bertz CT molecular complexity index is 263. The number of likely N-dealkylation sites (N-methyl/N-ethyl adjacent to an activating group) is 2. The van der Waals surface area contributed by atoms with Crippen LogP contribution in [-0.2, 0) is 4.79 Å². The van der Waals surface area contributed by atoms with Gasteiger partial charge in [0.2, 0.25) is 5.91 Å². The maximum atomic E-state index is 12.3. The molecule has 1 amide bonds. The number of carbonyl (C=O) groups is 1. The van der Waals surface area contributed by atoms with Gasteiger partial charge in [-0.1, -0.05) is 6.92 Å². The number of likely N-dealkylation sites (tertiary alicyclic amines) is 1. The van der Waals surface area contributed by atoms with Crippen molar-refractivity contribution in [3.63, 3.8) is 0 Å². The van der Waals surface area contributed by atoms with E-state index in [0.29, 0.717) is 12.0 Å². The lowest BCUT2D eigenvalue weighted by atomic mass is 10.0. The molecule has 1 aliphatic heterocycles. The van der Waals surface area contributed by atoms with Gasteiger partial charge in [0.15, 0.2) is 0 Å². The first-order valence-electron chi connectivity index (χ1n) is 5.94. The first kappa shape index (κ1) is 13.5. The fourth-order valence-electron chi connectivity index (χ4n) is 2.29. The standard InChI is InChI=1S/C12H25N3O/c1-9-7-15(8-10(9)14(5)6)11(16)12(2,3)13-4/h9-10,13H,7-8H2,1-6H3. The second-order valence-corrected chi connectivity index (χ2v) is 5.59. The van der Waals surface area contributed by atoms with Crippen LogP contribution >= 0.6 is 0 Å². The molecule has 16 heavy (non-hydrogen) atoms. The summed E-state index contributed by atoms with van der Waals surface area (Å²) < 4.78 is 0. The van der Waals surface area contributed by atoms with Crippen LogP contribution in [-0.4, -0.2) is 61.5 Å². The Balaban J connectivity index is 2.69. The molecule has 0 aromatic rings. The van der Waals surface area contributed by atoms with Gasteiger partial charge in [-0.2, -0.15) is 0 Å². The summed E-state index contributed by atoms with van der Waals surface area (Å²) >= 11 is 0. The maximum Gasteiger partial charge on any atom is 0.242 e.